The third-order valence-electron chi connectivity index (χ3n) is 3.23. The van der Waals surface area contributed by atoms with E-state index in [1.165, 1.54) is 6.07 Å². The van der Waals surface area contributed by atoms with Crippen molar-refractivity contribution in [3.05, 3.63) is 48.5 Å². The predicted molar refractivity (Wildman–Crippen MR) is 93.7 cm³/mol. The molecule has 0 aliphatic rings. The number of benzene rings is 2. The molecule has 0 aliphatic heterocycles. The summed E-state index contributed by atoms with van der Waals surface area (Å²) in [7, 11) is 1.58. The Hall–Kier alpha value is -3.00. The van der Waals surface area contributed by atoms with Gasteiger partial charge in [0.2, 0.25) is 11.8 Å². The van der Waals surface area contributed by atoms with Crippen molar-refractivity contribution < 1.29 is 19.1 Å². The normalized spacial score (nSPS) is 10.4. The molecule has 1 amide bonds. The molecule has 0 fully saturated rings. The molecule has 3 aromatic rings. The van der Waals surface area contributed by atoms with Crippen molar-refractivity contribution in [2.24, 2.45) is 0 Å². The number of methoxy groups -OCH3 is 1. The fraction of sp³-hybridized carbons (Fsp3) is 0.118. The number of aromatic hydroxyl groups is 1. The van der Waals surface area contributed by atoms with Crippen molar-refractivity contribution in [1.82, 2.24) is 10.2 Å². The summed E-state index contributed by atoms with van der Waals surface area (Å²) in [6.45, 7) is 0. The van der Waals surface area contributed by atoms with Gasteiger partial charge in [-0.1, -0.05) is 30.0 Å². The minimum Gasteiger partial charge on any atom is -0.506 e. The zero-order valence-electron chi connectivity index (χ0n) is 13.3. The van der Waals surface area contributed by atoms with Crippen LogP contribution in [0.5, 0.6) is 11.5 Å². The van der Waals surface area contributed by atoms with Gasteiger partial charge in [0, 0.05) is 5.56 Å². The Labute approximate surface area is 148 Å². The number of para-hydroxylation sites is 2. The van der Waals surface area contributed by atoms with Gasteiger partial charge in [-0.15, -0.1) is 10.2 Å². The van der Waals surface area contributed by atoms with E-state index < -0.39 is 0 Å². The highest BCUT2D eigenvalue weighted by Gasteiger charge is 2.12. The molecule has 1 heterocycles. The van der Waals surface area contributed by atoms with Gasteiger partial charge in [-0.2, -0.15) is 0 Å². The van der Waals surface area contributed by atoms with Gasteiger partial charge in [0.05, 0.1) is 18.6 Å². The van der Waals surface area contributed by atoms with Gasteiger partial charge in [0.15, 0.2) is 0 Å². The Kier molecular flexibility index (Phi) is 5.20. The second-order valence-electron chi connectivity index (χ2n) is 4.96. The summed E-state index contributed by atoms with van der Waals surface area (Å²) < 4.78 is 10.7. The zero-order valence-corrected chi connectivity index (χ0v) is 14.1. The number of hydrogen-bond donors (Lipinski definition) is 2. The van der Waals surface area contributed by atoms with E-state index in [0.717, 1.165) is 17.3 Å². The van der Waals surface area contributed by atoms with Gasteiger partial charge in [0.1, 0.15) is 11.5 Å². The Morgan fingerprint density at radius 1 is 1.24 bits per heavy atom. The van der Waals surface area contributed by atoms with Crippen molar-refractivity contribution >= 4 is 23.4 Å². The van der Waals surface area contributed by atoms with Crippen molar-refractivity contribution in [3.8, 4) is 23.0 Å². The van der Waals surface area contributed by atoms with Crippen LogP contribution in [-0.2, 0) is 4.79 Å². The number of amides is 1. The monoisotopic (exact) mass is 357 g/mol. The van der Waals surface area contributed by atoms with Gasteiger partial charge in [-0.05, 0) is 30.3 Å². The Bertz CT molecular complexity index is 882. The molecule has 3 rings (SSSR count). The van der Waals surface area contributed by atoms with E-state index in [4.69, 9.17) is 9.15 Å². The van der Waals surface area contributed by atoms with Crippen LogP contribution in [0.4, 0.5) is 5.69 Å². The molecular weight excluding hydrogens is 342 g/mol. The fourth-order valence-corrected chi connectivity index (χ4v) is 2.60. The van der Waals surface area contributed by atoms with Gasteiger partial charge >= 0.3 is 0 Å². The predicted octanol–water partition coefficient (Wildman–Crippen LogP) is 3.18. The molecule has 128 valence electrons. The van der Waals surface area contributed by atoms with Gasteiger partial charge in [-0.3, -0.25) is 4.79 Å². The molecule has 0 bridgehead atoms. The number of aromatic nitrogens is 2. The van der Waals surface area contributed by atoms with E-state index in [2.05, 4.69) is 15.5 Å². The number of anilines is 1. The first-order chi connectivity index (χ1) is 12.2. The number of hydrogen-bond acceptors (Lipinski definition) is 7. The van der Waals surface area contributed by atoms with Crippen LogP contribution in [0.15, 0.2) is 58.2 Å². The topological polar surface area (TPSA) is 97.5 Å². The standard InChI is InChI=1S/C17H15N3O4S/c1-23-12-6-4-5-11(9-12)16-19-20-17(24-16)25-10-15(22)18-13-7-2-3-8-14(13)21/h2-9,21H,10H2,1H3,(H,18,22). The summed E-state index contributed by atoms with van der Waals surface area (Å²) in [5, 5.41) is 20.4. The molecule has 1 aromatic heterocycles. The molecule has 0 saturated heterocycles. The molecule has 0 atom stereocenters. The van der Waals surface area contributed by atoms with Crippen LogP contribution in [0.3, 0.4) is 0 Å². The number of phenolic OH excluding ortho intramolecular Hbond substituents is 1. The highest BCUT2D eigenvalue weighted by atomic mass is 32.2. The number of thioether (sulfide) groups is 1. The highest BCUT2D eigenvalue weighted by molar-refractivity contribution is 7.99. The van der Waals surface area contributed by atoms with Crippen LogP contribution in [0, 0.1) is 0 Å². The summed E-state index contributed by atoms with van der Waals surface area (Å²) in [5.41, 5.74) is 1.09. The molecule has 2 N–H and O–H groups in total. The highest BCUT2D eigenvalue weighted by Crippen LogP contribution is 2.26. The molecule has 0 unspecified atom stereocenters. The summed E-state index contributed by atoms with van der Waals surface area (Å²) in [4.78, 5) is 11.9. The van der Waals surface area contributed by atoms with Crippen molar-refractivity contribution in [3.63, 3.8) is 0 Å². The van der Waals surface area contributed by atoms with E-state index in [0.29, 0.717) is 17.3 Å². The largest absolute Gasteiger partial charge is 0.506 e. The lowest BCUT2D eigenvalue weighted by Gasteiger charge is -2.05. The van der Waals surface area contributed by atoms with Gasteiger partial charge in [-0.25, -0.2) is 0 Å². The SMILES string of the molecule is COc1cccc(-c2nnc(SCC(=O)Nc3ccccc3O)o2)c1. The molecule has 0 radical (unpaired) electrons. The van der Waals surface area contributed by atoms with E-state index in [1.807, 2.05) is 18.2 Å². The molecule has 8 heteroatoms. The number of ether oxygens (including phenoxy) is 1. The van der Waals surface area contributed by atoms with Crippen LogP contribution < -0.4 is 10.1 Å². The molecule has 7 nitrogen and oxygen atoms in total. The van der Waals surface area contributed by atoms with Gasteiger partial charge < -0.3 is 19.6 Å². The number of nitrogens with zero attached hydrogens (tertiary/aromatic N) is 2. The lowest BCUT2D eigenvalue weighted by atomic mass is 10.2. The first kappa shape index (κ1) is 16.8. The van der Waals surface area contributed by atoms with Crippen LogP contribution >= 0.6 is 11.8 Å². The third kappa shape index (κ3) is 4.30. The number of carbonyl (C=O) groups excluding carboxylic acids is 1. The number of phenols is 1. The maximum Gasteiger partial charge on any atom is 0.277 e. The summed E-state index contributed by atoms with van der Waals surface area (Å²) in [6.07, 6.45) is 0. The number of nitrogens with one attached hydrogen (secondary N) is 1. The van der Waals surface area contributed by atoms with E-state index in [1.54, 1.807) is 31.4 Å². The number of rotatable bonds is 6. The molecule has 0 aliphatic carbocycles. The average Bonchev–Trinajstić information content (AvgIpc) is 3.11. The van der Waals surface area contributed by atoms with E-state index in [-0.39, 0.29) is 22.6 Å². The average molecular weight is 357 g/mol. The maximum atomic E-state index is 11.9. The first-order valence-electron chi connectivity index (χ1n) is 7.34. The third-order valence-corrected chi connectivity index (χ3v) is 4.05. The van der Waals surface area contributed by atoms with Crippen LogP contribution in [0.1, 0.15) is 0 Å². The van der Waals surface area contributed by atoms with Crippen molar-refractivity contribution in [2.75, 3.05) is 18.2 Å². The van der Waals surface area contributed by atoms with Crippen LogP contribution in [-0.4, -0.2) is 34.1 Å². The molecule has 0 spiro atoms. The zero-order chi connectivity index (χ0) is 17.6. The van der Waals surface area contributed by atoms with Gasteiger partial charge in [0.25, 0.3) is 5.22 Å². The Balaban J connectivity index is 1.60. The lowest BCUT2D eigenvalue weighted by molar-refractivity contribution is -0.113. The van der Waals surface area contributed by atoms with Crippen molar-refractivity contribution in [2.45, 2.75) is 5.22 Å². The Morgan fingerprint density at radius 3 is 2.88 bits per heavy atom. The molecule has 0 saturated carbocycles. The summed E-state index contributed by atoms with van der Waals surface area (Å²) >= 11 is 1.11. The van der Waals surface area contributed by atoms with E-state index in [9.17, 15) is 9.90 Å². The first-order valence-corrected chi connectivity index (χ1v) is 8.33. The van der Waals surface area contributed by atoms with E-state index >= 15 is 0 Å². The molecule has 2 aromatic carbocycles. The second kappa shape index (κ2) is 7.71. The minimum absolute atomic E-state index is 0.0129. The molecule has 25 heavy (non-hydrogen) atoms. The quantitative estimate of drug-likeness (QED) is 0.516. The Morgan fingerprint density at radius 2 is 2.08 bits per heavy atom. The molecular formula is C17H15N3O4S. The fourth-order valence-electron chi connectivity index (χ4n) is 2.03. The lowest BCUT2D eigenvalue weighted by Crippen LogP contribution is -2.14. The smallest absolute Gasteiger partial charge is 0.277 e. The summed E-state index contributed by atoms with van der Waals surface area (Å²) in [6, 6.07) is 13.8. The minimum atomic E-state index is -0.285. The van der Waals surface area contributed by atoms with Crippen LogP contribution in [0.2, 0.25) is 0 Å². The number of carbonyl (C=O) groups is 1. The van der Waals surface area contributed by atoms with Crippen molar-refractivity contribution in [1.29, 1.82) is 0 Å². The maximum absolute atomic E-state index is 11.9. The second-order valence-corrected chi connectivity index (χ2v) is 5.89. The van der Waals surface area contributed by atoms with Crippen LogP contribution in [0.25, 0.3) is 11.5 Å². The summed E-state index contributed by atoms with van der Waals surface area (Å²) in [5.74, 6) is 0.842.